The van der Waals surface area contributed by atoms with E-state index >= 15 is 0 Å². The molecule has 156 valence electrons. The number of hydrogen-bond donors (Lipinski definition) is 0. The molecule has 2 heteroatoms. The minimum absolute atomic E-state index is 0.423. The van der Waals surface area contributed by atoms with Crippen LogP contribution in [0.1, 0.15) is 113 Å². The molecule has 1 unspecified atom stereocenters. The molecule has 0 saturated heterocycles. The molecule has 0 spiro atoms. The highest BCUT2D eigenvalue weighted by atomic mass is 16.7. The molecule has 0 aromatic rings. The van der Waals surface area contributed by atoms with E-state index in [1.165, 1.54) is 44.1 Å². The van der Waals surface area contributed by atoms with Crippen molar-refractivity contribution in [3.05, 3.63) is 11.6 Å². The second-order valence-corrected chi connectivity index (χ2v) is 8.74. The maximum Gasteiger partial charge on any atom is 0.165 e. The highest BCUT2D eigenvalue weighted by molar-refractivity contribution is 4.98. The van der Waals surface area contributed by atoms with E-state index in [-0.39, 0.29) is 0 Å². The van der Waals surface area contributed by atoms with Crippen LogP contribution in [0, 0.1) is 11.8 Å². The monoisotopic (exact) mass is 368 g/mol. The Bertz CT molecular complexity index is 338. The van der Waals surface area contributed by atoms with Crippen molar-refractivity contribution in [1.82, 2.24) is 0 Å². The molecular formula is C24H48O2. The molecule has 0 rings (SSSR count). The van der Waals surface area contributed by atoms with Crippen LogP contribution in [-0.2, 0) is 9.47 Å². The molecule has 1 atom stereocenters. The van der Waals surface area contributed by atoms with Gasteiger partial charge in [0.15, 0.2) is 5.79 Å². The summed E-state index contributed by atoms with van der Waals surface area (Å²) in [5, 5.41) is 0. The predicted octanol–water partition coefficient (Wildman–Crippen LogP) is 7.92. The Balaban J connectivity index is 4.06. The van der Waals surface area contributed by atoms with Crippen LogP contribution in [0.3, 0.4) is 0 Å². The Kier molecular flexibility index (Phi) is 15.5. The first-order valence-corrected chi connectivity index (χ1v) is 11.3. The van der Waals surface area contributed by atoms with Gasteiger partial charge in [-0.3, -0.25) is 0 Å². The summed E-state index contributed by atoms with van der Waals surface area (Å²) in [5.74, 6) is 1.30. The average molecular weight is 369 g/mol. The van der Waals surface area contributed by atoms with Crippen LogP contribution in [-0.4, -0.2) is 19.0 Å². The van der Waals surface area contributed by atoms with E-state index in [1.54, 1.807) is 0 Å². The van der Waals surface area contributed by atoms with Crippen molar-refractivity contribution in [1.29, 1.82) is 0 Å². The van der Waals surface area contributed by atoms with Gasteiger partial charge in [0.25, 0.3) is 0 Å². The maximum absolute atomic E-state index is 5.98. The molecule has 0 bridgehead atoms. The van der Waals surface area contributed by atoms with Gasteiger partial charge >= 0.3 is 0 Å². The number of hydrogen-bond acceptors (Lipinski definition) is 2. The Morgan fingerprint density at radius 1 is 0.923 bits per heavy atom. The van der Waals surface area contributed by atoms with E-state index in [0.29, 0.717) is 0 Å². The van der Waals surface area contributed by atoms with Crippen LogP contribution in [0.4, 0.5) is 0 Å². The smallest absolute Gasteiger partial charge is 0.165 e. The molecule has 0 fully saturated rings. The van der Waals surface area contributed by atoms with Crippen molar-refractivity contribution >= 4 is 0 Å². The molecule has 0 aliphatic rings. The zero-order valence-electron chi connectivity index (χ0n) is 19.0. The zero-order valence-corrected chi connectivity index (χ0v) is 19.0. The summed E-state index contributed by atoms with van der Waals surface area (Å²) in [6, 6.07) is 0. The lowest BCUT2D eigenvalue weighted by atomic mass is 9.94. The highest BCUT2D eigenvalue weighted by Crippen LogP contribution is 2.23. The number of rotatable bonds is 17. The molecule has 0 saturated carbocycles. The first-order valence-electron chi connectivity index (χ1n) is 11.3. The van der Waals surface area contributed by atoms with E-state index in [9.17, 15) is 0 Å². The van der Waals surface area contributed by atoms with Crippen LogP contribution >= 0.6 is 0 Å². The van der Waals surface area contributed by atoms with Crippen LogP contribution in [0.25, 0.3) is 0 Å². The van der Waals surface area contributed by atoms with Gasteiger partial charge < -0.3 is 9.47 Å². The van der Waals surface area contributed by atoms with Gasteiger partial charge in [0.05, 0.1) is 0 Å². The molecule has 0 N–H and O–H groups in total. The van der Waals surface area contributed by atoms with Gasteiger partial charge in [-0.05, 0) is 57.8 Å². The molecule has 0 radical (unpaired) electrons. The van der Waals surface area contributed by atoms with E-state index in [1.807, 2.05) is 0 Å². The molecule has 0 aromatic heterocycles. The van der Waals surface area contributed by atoms with Gasteiger partial charge in [-0.2, -0.15) is 0 Å². The Labute approximate surface area is 165 Å². The molecule has 0 heterocycles. The lowest BCUT2D eigenvalue weighted by molar-refractivity contribution is -0.228. The van der Waals surface area contributed by atoms with Crippen molar-refractivity contribution in [2.45, 2.75) is 118 Å². The molecular weight excluding hydrogens is 320 g/mol. The summed E-state index contributed by atoms with van der Waals surface area (Å²) in [6.07, 6.45) is 14.5. The average Bonchev–Trinajstić information content (AvgIpc) is 2.58. The van der Waals surface area contributed by atoms with Gasteiger partial charge in [0.2, 0.25) is 0 Å². The van der Waals surface area contributed by atoms with Gasteiger partial charge in [0, 0.05) is 19.6 Å². The molecule has 0 aliphatic heterocycles. The maximum atomic E-state index is 5.98. The van der Waals surface area contributed by atoms with Crippen LogP contribution < -0.4 is 0 Å². The first-order chi connectivity index (χ1) is 12.3. The third-order valence-corrected chi connectivity index (χ3v) is 5.06. The van der Waals surface area contributed by atoms with Crippen molar-refractivity contribution in [3.8, 4) is 0 Å². The SMILES string of the molecule is CCCOC(C)(CC/C=C(\C)CCCC(C)CCCC(C)C)OCCC. The summed E-state index contributed by atoms with van der Waals surface area (Å²) >= 11 is 0. The fourth-order valence-electron chi connectivity index (χ4n) is 3.25. The largest absolute Gasteiger partial charge is 0.350 e. The van der Waals surface area contributed by atoms with E-state index in [2.05, 4.69) is 54.5 Å². The van der Waals surface area contributed by atoms with Gasteiger partial charge in [-0.15, -0.1) is 0 Å². The standard InChI is InChI=1S/C24H48O2/c1-8-19-25-24(7,26-20-9-2)18-12-17-23(6)16-11-15-22(5)14-10-13-21(3)4/h17,21-22H,8-16,18-20H2,1-7H3/b23-17+. The normalized spacial score (nSPS) is 14.2. The van der Waals surface area contributed by atoms with Gasteiger partial charge in [0.1, 0.15) is 0 Å². The van der Waals surface area contributed by atoms with Crippen LogP contribution in [0.15, 0.2) is 11.6 Å². The summed E-state index contributed by atoms with van der Waals surface area (Å²) in [4.78, 5) is 0. The highest BCUT2D eigenvalue weighted by Gasteiger charge is 2.24. The van der Waals surface area contributed by atoms with Crippen molar-refractivity contribution < 1.29 is 9.47 Å². The quantitative estimate of drug-likeness (QED) is 0.192. The van der Waals surface area contributed by atoms with Crippen molar-refractivity contribution in [2.24, 2.45) is 11.8 Å². The van der Waals surface area contributed by atoms with Crippen molar-refractivity contribution in [3.63, 3.8) is 0 Å². The van der Waals surface area contributed by atoms with E-state index < -0.39 is 5.79 Å². The lowest BCUT2D eigenvalue weighted by Crippen LogP contribution is -2.33. The molecule has 26 heavy (non-hydrogen) atoms. The van der Waals surface area contributed by atoms with Crippen LogP contribution in [0.5, 0.6) is 0 Å². The summed E-state index contributed by atoms with van der Waals surface area (Å²) in [5.41, 5.74) is 1.52. The predicted molar refractivity (Wildman–Crippen MR) is 116 cm³/mol. The topological polar surface area (TPSA) is 18.5 Å². The summed E-state index contributed by atoms with van der Waals surface area (Å²) < 4.78 is 12.0. The number of allylic oxidation sites excluding steroid dienone is 2. The van der Waals surface area contributed by atoms with E-state index in [0.717, 1.165) is 50.7 Å². The Morgan fingerprint density at radius 2 is 1.50 bits per heavy atom. The third-order valence-electron chi connectivity index (χ3n) is 5.06. The van der Waals surface area contributed by atoms with E-state index in [4.69, 9.17) is 9.47 Å². The lowest BCUT2D eigenvalue weighted by Gasteiger charge is -2.29. The number of ether oxygens (including phenoxy) is 2. The van der Waals surface area contributed by atoms with Crippen molar-refractivity contribution in [2.75, 3.05) is 13.2 Å². The first kappa shape index (κ1) is 25.7. The second-order valence-electron chi connectivity index (χ2n) is 8.74. The van der Waals surface area contributed by atoms with Gasteiger partial charge in [-0.25, -0.2) is 0 Å². The molecule has 0 amide bonds. The Morgan fingerprint density at radius 3 is 2.04 bits per heavy atom. The van der Waals surface area contributed by atoms with Crippen LogP contribution in [0.2, 0.25) is 0 Å². The molecule has 0 aromatic carbocycles. The fourth-order valence-corrected chi connectivity index (χ4v) is 3.25. The minimum atomic E-state index is -0.423. The second kappa shape index (κ2) is 15.7. The Hall–Kier alpha value is -0.340. The van der Waals surface area contributed by atoms with Gasteiger partial charge in [-0.1, -0.05) is 72.0 Å². The zero-order chi connectivity index (χ0) is 19.8. The fraction of sp³-hybridized carbons (Fsp3) is 0.917. The minimum Gasteiger partial charge on any atom is -0.350 e. The molecule has 0 aliphatic carbocycles. The third kappa shape index (κ3) is 14.8. The summed E-state index contributed by atoms with van der Waals surface area (Å²) in [7, 11) is 0. The molecule has 2 nitrogen and oxygen atoms in total. The summed E-state index contributed by atoms with van der Waals surface area (Å²) in [6.45, 7) is 17.3.